The summed E-state index contributed by atoms with van der Waals surface area (Å²) in [6, 6.07) is 0. The Labute approximate surface area is 149 Å². The maximum Gasteiger partial charge on any atom is 0.194 e. The lowest BCUT2D eigenvalue weighted by Crippen LogP contribution is -2.47. The highest BCUT2D eigenvalue weighted by atomic mass is 127. The molecule has 1 fully saturated rings. The zero-order valence-corrected chi connectivity index (χ0v) is 16.0. The maximum atomic E-state index is 5.70. The van der Waals surface area contributed by atoms with Crippen LogP contribution in [0.3, 0.4) is 0 Å². The van der Waals surface area contributed by atoms with Gasteiger partial charge in [-0.15, -0.1) is 34.2 Å². The first kappa shape index (κ1) is 19.1. The first-order valence-corrected chi connectivity index (χ1v) is 7.72. The van der Waals surface area contributed by atoms with Gasteiger partial charge in [-0.2, -0.15) is 0 Å². The van der Waals surface area contributed by atoms with E-state index in [1.165, 1.54) is 0 Å². The molecule has 0 radical (unpaired) electrons. The highest BCUT2D eigenvalue weighted by Gasteiger charge is 2.21. The van der Waals surface area contributed by atoms with Gasteiger partial charge in [0.1, 0.15) is 12.9 Å². The molecule has 8 heteroatoms. The maximum absolute atomic E-state index is 5.70. The number of guanidine groups is 1. The number of nitrogens with one attached hydrogen (secondary N) is 1. The highest BCUT2D eigenvalue weighted by molar-refractivity contribution is 14.0. The van der Waals surface area contributed by atoms with E-state index in [4.69, 9.17) is 4.74 Å². The molecule has 1 saturated heterocycles. The Bertz CT molecular complexity index is 456. The Hall–Kier alpha value is -0.900. The number of likely N-dealkylation sites (tertiary alicyclic amines) is 1. The van der Waals surface area contributed by atoms with Crippen molar-refractivity contribution in [3.05, 3.63) is 12.2 Å². The SMILES string of the molecule is CCNC(=NCc1nncn1C)N1CCC(OCC)CC1.I. The average Bonchev–Trinajstić information content (AvgIpc) is 2.90. The third-order valence-electron chi connectivity index (χ3n) is 3.65. The number of rotatable bonds is 5. The minimum absolute atomic E-state index is 0. The van der Waals surface area contributed by atoms with Crippen LogP contribution in [0.5, 0.6) is 0 Å². The number of aliphatic imine (C=N–C) groups is 1. The lowest BCUT2D eigenvalue weighted by molar-refractivity contribution is 0.0263. The van der Waals surface area contributed by atoms with Gasteiger partial charge in [-0.05, 0) is 26.7 Å². The summed E-state index contributed by atoms with van der Waals surface area (Å²) in [5, 5.41) is 11.3. The van der Waals surface area contributed by atoms with Crippen molar-refractivity contribution in [2.75, 3.05) is 26.2 Å². The lowest BCUT2D eigenvalue weighted by atomic mass is 10.1. The third kappa shape index (κ3) is 5.38. The molecule has 0 aromatic carbocycles. The van der Waals surface area contributed by atoms with Gasteiger partial charge >= 0.3 is 0 Å². The van der Waals surface area contributed by atoms with Crippen LogP contribution in [0.1, 0.15) is 32.5 Å². The molecule has 2 heterocycles. The van der Waals surface area contributed by atoms with Crippen molar-refractivity contribution in [1.82, 2.24) is 25.0 Å². The Morgan fingerprint density at radius 3 is 2.68 bits per heavy atom. The number of piperidine rings is 1. The minimum atomic E-state index is 0. The number of aryl methyl sites for hydroxylation is 1. The first-order chi connectivity index (χ1) is 10.2. The Morgan fingerprint density at radius 2 is 2.14 bits per heavy atom. The van der Waals surface area contributed by atoms with Gasteiger partial charge < -0.3 is 19.5 Å². The predicted molar refractivity (Wildman–Crippen MR) is 97.5 cm³/mol. The quantitative estimate of drug-likeness (QED) is 0.442. The van der Waals surface area contributed by atoms with Gasteiger partial charge in [0.25, 0.3) is 0 Å². The second-order valence-electron chi connectivity index (χ2n) is 5.17. The molecule has 0 bridgehead atoms. The lowest BCUT2D eigenvalue weighted by Gasteiger charge is -2.34. The summed E-state index contributed by atoms with van der Waals surface area (Å²) in [6.45, 7) is 8.31. The second-order valence-corrected chi connectivity index (χ2v) is 5.17. The number of aromatic nitrogens is 3. The van der Waals surface area contributed by atoms with Crippen LogP contribution in [0.25, 0.3) is 0 Å². The van der Waals surface area contributed by atoms with Crippen LogP contribution in [0, 0.1) is 0 Å². The smallest absolute Gasteiger partial charge is 0.194 e. The topological polar surface area (TPSA) is 67.6 Å². The van der Waals surface area contributed by atoms with Crippen LogP contribution in [0.2, 0.25) is 0 Å². The number of halogens is 1. The summed E-state index contributed by atoms with van der Waals surface area (Å²) in [5.74, 6) is 1.82. The van der Waals surface area contributed by atoms with E-state index in [0.717, 1.165) is 50.9 Å². The zero-order chi connectivity index (χ0) is 15.1. The molecule has 7 nitrogen and oxygen atoms in total. The van der Waals surface area contributed by atoms with Crippen LogP contribution in [0.15, 0.2) is 11.3 Å². The van der Waals surface area contributed by atoms with Crippen LogP contribution in [0.4, 0.5) is 0 Å². The zero-order valence-electron chi connectivity index (χ0n) is 13.7. The van der Waals surface area contributed by atoms with E-state index in [9.17, 15) is 0 Å². The fourth-order valence-corrected chi connectivity index (χ4v) is 2.49. The molecule has 0 atom stereocenters. The van der Waals surface area contributed by atoms with Gasteiger partial charge in [-0.1, -0.05) is 0 Å². The van der Waals surface area contributed by atoms with Crippen molar-refractivity contribution in [2.24, 2.45) is 12.0 Å². The van der Waals surface area contributed by atoms with Crippen molar-refractivity contribution in [3.63, 3.8) is 0 Å². The van der Waals surface area contributed by atoms with Gasteiger partial charge in [-0.25, -0.2) is 4.99 Å². The van der Waals surface area contributed by atoms with Crippen molar-refractivity contribution >= 4 is 29.9 Å². The fourth-order valence-electron chi connectivity index (χ4n) is 2.49. The van der Waals surface area contributed by atoms with E-state index in [-0.39, 0.29) is 24.0 Å². The molecule has 0 saturated carbocycles. The Balaban J connectivity index is 0.00000242. The summed E-state index contributed by atoms with van der Waals surface area (Å²) in [5.41, 5.74) is 0. The molecule has 2 rings (SSSR count). The Kier molecular flexibility index (Phi) is 8.69. The monoisotopic (exact) mass is 422 g/mol. The van der Waals surface area contributed by atoms with E-state index in [1.807, 2.05) is 11.6 Å². The molecule has 1 aliphatic rings. The van der Waals surface area contributed by atoms with Gasteiger partial charge in [-0.3, -0.25) is 0 Å². The molecule has 1 N–H and O–H groups in total. The largest absolute Gasteiger partial charge is 0.378 e. The van der Waals surface area contributed by atoms with Gasteiger partial charge in [0.05, 0.1) is 6.10 Å². The summed E-state index contributed by atoms with van der Waals surface area (Å²) in [4.78, 5) is 6.98. The van der Waals surface area contributed by atoms with Crippen LogP contribution >= 0.6 is 24.0 Å². The molecule has 1 aromatic rings. The van der Waals surface area contributed by atoms with Crippen molar-refractivity contribution in [2.45, 2.75) is 39.3 Å². The molecule has 1 aromatic heterocycles. The van der Waals surface area contributed by atoms with Gasteiger partial charge in [0.15, 0.2) is 11.8 Å². The summed E-state index contributed by atoms with van der Waals surface area (Å²) in [6.07, 6.45) is 4.21. The van der Waals surface area contributed by atoms with Crippen molar-refractivity contribution < 1.29 is 4.74 Å². The first-order valence-electron chi connectivity index (χ1n) is 7.72. The van der Waals surface area contributed by atoms with E-state index >= 15 is 0 Å². The van der Waals surface area contributed by atoms with E-state index in [0.29, 0.717) is 12.6 Å². The highest BCUT2D eigenvalue weighted by Crippen LogP contribution is 2.14. The number of nitrogens with zero attached hydrogens (tertiary/aromatic N) is 5. The molecule has 1 aliphatic heterocycles. The predicted octanol–water partition coefficient (Wildman–Crippen LogP) is 1.40. The van der Waals surface area contributed by atoms with Crippen molar-refractivity contribution in [1.29, 1.82) is 0 Å². The molecule has 0 aliphatic carbocycles. The summed E-state index contributed by atoms with van der Waals surface area (Å²) >= 11 is 0. The molecule has 0 spiro atoms. The third-order valence-corrected chi connectivity index (χ3v) is 3.65. The van der Waals surface area contributed by atoms with Crippen LogP contribution < -0.4 is 5.32 Å². The molecule has 22 heavy (non-hydrogen) atoms. The van der Waals surface area contributed by atoms with E-state index in [1.54, 1.807) is 6.33 Å². The van der Waals surface area contributed by atoms with E-state index < -0.39 is 0 Å². The number of hydrogen-bond acceptors (Lipinski definition) is 4. The number of ether oxygens (including phenoxy) is 1. The minimum Gasteiger partial charge on any atom is -0.378 e. The Morgan fingerprint density at radius 1 is 1.41 bits per heavy atom. The number of hydrogen-bond donors (Lipinski definition) is 1. The molecular weight excluding hydrogens is 395 g/mol. The van der Waals surface area contributed by atoms with Gasteiger partial charge in [0.2, 0.25) is 0 Å². The normalized spacial score (nSPS) is 16.5. The van der Waals surface area contributed by atoms with Gasteiger partial charge in [0, 0.05) is 33.3 Å². The fraction of sp³-hybridized carbons (Fsp3) is 0.786. The van der Waals surface area contributed by atoms with Crippen LogP contribution in [-0.2, 0) is 18.3 Å². The molecule has 0 amide bonds. The molecule has 0 unspecified atom stereocenters. The summed E-state index contributed by atoms with van der Waals surface area (Å²) in [7, 11) is 1.94. The second kappa shape index (κ2) is 9.98. The average molecular weight is 422 g/mol. The standard InChI is InChI=1S/C14H26N6O.HI/c1-4-15-14(16-10-13-18-17-11-19(13)3)20-8-6-12(7-9-20)21-5-2;/h11-12H,4-10H2,1-3H3,(H,15,16);1H. The van der Waals surface area contributed by atoms with E-state index in [2.05, 4.69) is 39.3 Å². The molecule has 126 valence electrons. The van der Waals surface area contributed by atoms with Crippen LogP contribution in [-0.4, -0.2) is 58.0 Å². The van der Waals surface area contributed by atoms with Crippen molar-refractivity contribution in [3.8, 4) is 0 Å². The summed E-state index contributed by atoms with van der Waals surface area (Å²) < 4.78 is 7.59. The molecular formula is C14H27IN6O.